The number of carbonyl (C=O) groups is 1. The predicted octanol–water partition coefficient (Wildman–Crippen LogP) is 5.36. The van der Waals surface area contributed by atoms with Crippen LogP contribution in [0, 0.1) is 12.8 Å². The summed E-state index contributed by atoms with van der Waals surface area (Å²) in [6, 6.07) is 16.1. The lowest BCUT2D eigenvalue weighted by molar-refractivity contribution is 0.0975. The minimum Gasteiger partial charge on any atom is -0.294 e. The number of hydrogen-bond acceptors (Lipinski definition) is 3. The molecule has 0 saturated carbocycles. The SMILES string of the molecule is CCC[C@H](/C=C/S(=O)(=O)c1ccc(C)cc1)CCC(=O)c1ccccc1. The molecule has 2 rings (SSSR count). The van der Waals surface area contributed by atoms with Gasteiger partial charge >= 0.3 is 0 Å². The molecule has 0 unspecified atom stereocenters. The van der Waals surface area contributed by atoms with E-state index in [4.69, 9.17) is 0 Å². The maximum absolute atomic E-state index is 12.5. The van der Waals surface area contributed by atoms with Gasteiger partial charge in [0.25, 0.3) is 0 Å². The number of carbonyl (C=O) groups excluding carboxylic acids is 1. The second kappa shape index (κ2) is 9.48. The van der Waals surface area contributed by atoms with Gasteiger partial charge in [-0.3, -0.25) is 4.79 Å². The summed E-state index contributed by atoms with van der Waals surface area (Å²) >= 11 is 0. The fourth-order valence-electron chi connectivity index (χ4n) is 2.81. The lowest BCUT2D eigenvalue weighted by Crippen LogP contribution is -2.05. The van der Waals surface area contributed by atoms with Gasteiger partial charge in [0.15, 0.2) is 15.6 Å². The van der Waals surface area contributed by atoms with Gasteiger partial charge in [0.2, 0.25) is 0 Å². The summed E-state index contributed by atoms with van der Waals surface area (Å²) in [5, 5.41) is 1.30. The van der Waals surface area contributed by atoms with Crippen LogP contribution in [0.1, 0.15) is 48.5 Å². The molecule has 2 aromatic rings. The highest BCUT2D eigenvalue weighted by Gasteiger charge is 2.13. The van der Waals surface area contributed by atoms with Crippen LogP contribution >= 0.6 is 0 Å². The van der Waals surface area contributed by atoms with E-state index >= 15 is 0 Å². The molecule has 0 N–H and O–H groups in total. The van der Waals surface area contributed by atoms with Crippen LogP contribution < -0.4 is 0 Å². The summed E-state index contributed by atoms with van der Waals surface area (Å²) in [5.74, 6) is 0.175. The number of rotatable bonds is 9. The highest BCUT2D eigenvalue weighted by molar-refractivity contribution is 7.94. The van der Waals surface area contributed by atoms with Crippen molar-refractivity contribution in [3.8, 4) is 0 Å². The summed E-state index contributed by atoms with van der Waals surface area (Å²) in [5.41, 5.74) is 1.73. The van der Waals surface area contributed by atoms with Crippen molar-refractivity contribution in [1.82, 2.24) is 0 Å². The molecule has 0 saturated heterocycles. The topological polar surface area (TPSA) is 51.2 Å². The number of Topliss-reactive ketones (excluding diaryl/α,β-unsaturated/α-hetero) is 1. The molecule has 0 spiro atoms. The van der Waals surface area contributed by atoms with Gasteiger partial charge in [0.05, 0.1) is 4.90 Å². The fourth-order valence-corrected chi connectivity index (χ4v) is 3.92. The zero-order valence-electron chi connectivity index (χ0n) is 15.4. The van der Waals surface area contributed by atoms with Gasteiger partial charge < -0.3 is 0 Å². The van der Waals surface area contributed by atoms with Gasteiger partial charge in [0, 0.05) is 17.4 Å². The lowest BCUT2D eigenvalue weighted by Gasteiger charge is -2.11. The smallest absolute Gasteiger partial charge is 0.199 e. The fraction of sp³-hybridized carbons (Fsp3) is 0.318. The number of ketones is 1. The normalized spacial score (nSPS) is 13.0. The number of benzene rings is 2. The van der Waals surface area contributed by atoms with Gasteiger partial charge in [-0.2, -0.15) is 0 Å². The van der Waals surface area contributed by atoms with Gasteiger partial charge in [-0.25, -0.2) is 8.42 Å². The molecule has 0 fully saturated rings. The highest BCUT2D eigenvalue weighted by Crippen LogP contribution is 2.20. The molecular formula is C22H26O3S. The minimum absolute atomic E-state index is 0.0767. The standard InChI is InChI=1S/C22H26O3S/c1-3-7-19(12-15-22(23)20-8-5-4-6-9-20)16-17-26(24,25)21-13-10-18(2)11-14-21/h4-6,8-11,13-14,16-17,19H,3,7,12,15H2,1-2H3/b17-16+/t19-/m0/s1. The van der Waals surface area contributed by atoms with Crippen LogP contribution in [-0.4, -0.2) is 14.2 Å². The van der Waals surface area contributed by atoms with Crippen LogP contribution in [0.15, 0.2) is 71.0 Å². The zero-order valence-corrected chi connectivity index (χ0v) is 16.2. The van der Waals surface area contributed by atoms with Crippen LogP contribution in [0.4, 0.5) is 0 Å². The van der Waals surface area contributed by atoms with E-state index < -0.39 is 9.84 Å². The quantitative estimate of drug-likeness (QED) is 0.558. The van der Waals surface area contributed by atoms with Crippen molar-refractivity contribution in [3.05, 3.63) is 77.2 Å². The Hall–Kier alpha value is -2.20. The predicted molar refractivity (Wildman–Crippen MR) is 106 cm³/mol. The summed E-state index contributed by atoms with van der Waals surface area (Å²) in [7, 11) is -3.45. The second-order valence-corrected chi connectivity index (χ2v) is 8.40. The van der Waals surface area contributed by atoms with Crippen molar-refractivity contribution in [1.29, 1.82) is 0 Å². The Morgan fingerprint density at radius 2 is 1.65 bits per heavy atom. The van der Waals surface area contributed by atoms with E-state index in [2.05, 4.69) is 6.92 Å². The minimum atomic E-state index is -3.45. The first-order chi connectivity index (χ1) is 12.4. The summed E-state index contributed by atoms with van der Waals surface area (Å²) in [4.78, 5) is 12.6. The van der Waals surface area contributed by atoms with Crippen molar-refractivity contribution in [2.45, 2.75) is 44.4 Å². The number of hydrogen-bond donors (Lipinski definition) is 0. The molecule has 0 heterocycles. The maximum atomic E-state index is 12.5. The Balaban J connectivity index is 2.03. The third kappa shape index (κ3) is 5.95. The molecule has 0 amide bonds. The average molecular weight is 371 g/mol. The van der Waals surface area contributed by atoms with Crippen molar-refractivity contribution in [2.75, 3.05) is 0 Å². The van der Waals surface area contributed by atoms with E-state index in [0.29, 0.717) is 23.3 Å². The molecule has 0 radical (unpaired) electrons. The molecule has 0 bridgehead atoms. The Kier molecular flexibility index (Phi) is 7.34. The molecule has 3 nitrogen and oxygen atoms in total. The second-order valence-electron chi connectivity index (χ2n) is 6.56. The van der Waals surface area contributed by atoms with Crippen LogP contribution in [0.3, 0.4) is 0 Å². The summed E-state index contributed by atoms with van der Waals surface area (Å²) < 4.78 is 24.9. The van der Waals surface area contributed by atoms with E-state index in [1.807, 2.05) is 37.3 Å². The first kappa shape index (κ1) is 20.1. The van der Waals surface area contributed by atoms with Crippen molar-refractivity contribution in [2.24, 2.45) is 5.92 Å². The van der Waals surface area contributed by atoms with Gasteiger partial charge in [-0.15, -0.1) is 0 Å². The highest BCUT2D eigenvalue weighted by atomic mass is 32.2. The summed E-state index contributed by atoms with van der Waals surface area (Å²) in [6.45, 7) is 3.99. The molecule has 2 aromatic carbocycles. The zero-order chi connectivity index (χ0) is 19.0. The van der Waals surface area contributed by atoms with E-state index in [9.17, 15) is 13.2 Å². The van der Waals surface area contributed by atoms with E-state index in [0.717, 1.165) is 18.4 Å². The molecule has 4 heteroatoms. The number of aryl methyl sites for hydroxylation is 1. The first-order valence-electron chi connectivity index (χ1n) is 9.00. The van der Waals surface area contributed by atoms with Crippen LogP contribution in [0.5, 0.6) is 0 Å². The molecule has 0 aliphatic carbocycles. The molecule has 0 aromatic heterocycles. The van der Waals surface area contributed by atoms with Gasteiger partial charge in [-0.1, -0.05) is 67.4 Å². The molecule has 26 heavy (non-hydrogen) atoms. The maximum Gasteiger partial charge on any atom is 0.199 e. The Labute approximate surface area is 156 Å². The van der Waals surface area contributed by atoms with Crippen LogP contribution in [0.25, 0.3) is 0 Å². The molecular weight excluding hydrogens is 344 g/mol. The molecule has 0 aliphatic rings. The molecule has 0 aliphatic heterocycles. The summed E-state index contributed by atoms with van der Waals surface area (Å²) in [6.07, 6.45) is 4.63. The Morgan fingerprint density at radius 1 is 1.00 bits per heavy atom. The monoisotopic (exact) mass is 370 g/mol. The van der Waals surface area contributed by atoms with E-state index in [1.54, 1.807) is 30.3 Å². The van der Waals surface area contributed by atoms with Gasteiger partial charge in [0.1, 0.15) is 0 Å². The van der Waals surface area contributed by atoms with Crippen molar-refractivity contribution in [3.63, 3.8) is 0 Å². The van der Waals surface area contributed by atoms with E-state index in [1.165, 1.54) is 5.41 Å². The largest absolute Gasteiger partial charge is 0.294 e. The van der Waals surface area contributed by atoms with E-state index in [-0.39, 0.29) is 11.7 Å². The molecule has 1 atom stereocenters. The number of allylic oxidation sites excluding steroid dienone is 1. The van der Waals surface area contributed by atoms with Crippen molar-refractivity contribution >= 4 is 15.6 Å². The Morgan fingerprint density at radius 3 is 2.27 bits per heavy atom. The number of sulfone groups is 1. The van der Waals surface area contributed by atoms with Gasteiger partial charge in [-0.05, 0) is 37.8 Å². The third-order valence-corrected chi connectivity index (χ3v) is 5.82. The average Bonchev–Trinajstić information content (AvgIpc) is 2.65. The third-order valence-electron chi connectivity index (χ3n) is 4.38. The van der Waals surface area contributed by atoms with Crippen LogP contribution in [0.2, 0.25) is 0 Å². The Bertz CT molecular complexity index is 835. The van der Waals surface area contributed by atoms with Crippen molar-refractivity contribution < 1.29 is 13.2 Å². The van der Waals surface area contributed by atoms with Crippen LogP contribution in [-0.2, 0) is 9.84 Å². The lowest BCUT2D eigenvalue weighted by atomic mass is 9.95. The molecule has 138 valence electrons. The first-order valence-corrected chi connectivity index (χ1v) is 10.5.